The van der Waals surface area contributed by atoms with E-state index in [0.29, 0.717) is 10.3 Å². The first-order valence-corrected chi connectivity index (χ1v) is 6.88. The van der Waals surface area contributed by atoms with Crippen molar-refractivity contribution >= 4 is 23.2 Å². The van der Waals surface area contributed by atoms with Crippen LogP contribution in [0.15, 0.2) is 48.7 Å². The number of hydrogen-bond donors (Lipinski definition) is 1. The van der Waals surface area contributed by atoms with Crippen LogP contribution in [0.1, 0.15) is 11.3 Å². The molecule has 0 aliphatic carbocycles. The first-order valence-electron chi connectivity index (χ1n) is 6.12. The van der Waals surface area contributed by atoms with Gasteiger partial charge in [-0.1, -0.05) is 53.5 Å². The Kier molecular flexibility index (Phi) is 3.72. The number of hydrogen-bond acceptors (Lipinski definition) is 2. The Bertz CT molecular complexity index is 703. The van der Waals surface area contributed by atoms with Crippen molar-refractivity contribution in [2.75, 3.05) is 0 Å². The van der Waals surface area contributed by atoms with Gasteiger partial charge in [-0.15, -0.1) is 0 Å². The molecule has 0 amide bonds. The molecule has 3 rings (SSSR count). The quantitative estimate of drug-likeness (QED) is 0.730. The summed E-state index contributed by atoms with van der Waals surface area (Å²) in [5.74, 6) is 0. The van der Waals surface area contributed by atoms with Crippen molar-refractivity contribution in [3.05, 3.63) is 70.2 Å². The Morgan fingerprint density at radius 2 is 1.70 bits per heavy atom. The number of nitrogens with one attached hydrogen (secondary N) is 1. The zero-order valence-corrected chi connectivity index (χ0v) is 12.0. The Balaban J connectivity index is 1.98. The smallest absolute Gasteiger partial charge is 0.131 e. The summed E-state index contributed by atoms with van der Waals surface area (Å²) < 4.78 is 0. The van der Waals surface area contributed by atoms with Crippen molar-refractivity contribution in [1.29, 1.82) is 0 Å². The second kappa shape index (κ2) is 5.65. The van der Waals surface area contributed by atoms with E-state index in [1.807, 2.05) is 24.4 Å². The van der Waals surface area contributed by atoms with E-state index in [1.165, 1.54) is 5.56 Å². The first kappa shape index (κ1) is 13.2. The third kappa shape index (κ3) is 2.84. The van der Waals surface area contributed by atoms with Crippen LogP contribution < -0.4 is 0 Å². The number of aromatic nitrogens is 3. The summed E-state index contributed by atoms with van der Waals surface area (Å²) in [6, 6.07) is 13.7. The van der Waals surface area contributed by atoms with Crippen LogP contribution in [0.4, 0.5) is 0 Å². The van der Waals surface area contributed by atoms with Gasteiger partial charge in [-0.25, -0.2) is 4.98 Å². The highest BCUT2D eigenvalue weighted by atomic mass is 35.5. The van der Waals surface area contributed by atoms with Gasteiger partial charge < -0.3 is 0 Å². The lowest BCUT2D eigenvalue weighted by molar-refractivity contribution is 0.997. The fourth-order valence-corrected chi connectivity index (χ4v) is 2.57. The average molecular weight is 304 g/mol. The molecular formula is C15H11Cl2N3. The number of benzene rings is 1. The third-order valence-corrected chi connectivity index (χ3v) is 3.39. The van der Waals surface area contributed by atoms with Crippen molar-refractivity contribution < 1.29 is 0 Å². The predicted octanol–water partition coefficient (Wildman–Crippen LogP) is 4.37. The summed E-state index contributed by atoms with van der Waals surface area (Å²) in [5, 5.41) is 7.96. The highest BCUT2D eigenvalue weighted by Crippen LogP contribution is 2.27. The molecule has 20 heavy (non-hydrogen) atoms. The summed E-state index contributed by atoms with van der Waals surface area (Å²) in [6.07, 6.45) is 2.59. The van der Waals surface area contributed by atoms with E-state index in [-0.39, 0.29) is 0 Å². The zero-order chi connectivity index (χ0) is 13.9. The number of nitrogens with zero attached hydrogens (tertiary/aromatic N) is 2. The first-order chi connectivity index (χ1) is 9.72. The molecule has 0 atom stereocenters. The van der Waals surface area contributed by atoms with E-state index < -0.39 is 0 Å². The molecule has 0 aliphatic rings. The molecule has 3 nitrogen and oxygen atoms in total. The van der Waals surface area contributed by atoms with Crippen molar-refractivity contribution in [3.63, 3.8) is 0 Å². The number of aromatic amines is 1. The number of H-pyrrole nitrogens is 1. The molecule has 1 N–H and O–H groups in total. The maximum atomic E-state index is 5.95. The van der Waals surface area contributed by atoms with Gasteiger partial charge in [-0.05, 0) is 23.3 Å². The molecule has 0 saturated heterocycles. The number of pyridine rings is 1. The topological polar surface area (TPSA) is 41.6 Å². The van der Waals surface area contributed by atoms with E-state index in [9.17, 15) is 0 Å². The molecule has 3 aromatic rings. The van der Waals surface area contributed by atoms with Crippen molar-refractivity contribution in [2.24, 2.45) is 0 Å². The highest BCUT2D eigenvalue weighted by Gasteiger charge is 2.11. The van der Waals surface area contributed by atoms with E-state index in [2.05, 4.69) is 27.3 Å². The third-order valence-electron chi connectivity index (χ3n) is 3.01. The minimum absolute atomic E-state index is 0.374. The maximum Gasteiger partial charge on any atom is 0.131 e. The Labute approximate surface area is 126 Å². The molecule has 5 heteroatoms. The van der Waals surface area contributed by atoms with Gasteiger partial charge >= 0.3 is 0 Å². The standard InChI is InChI=1S/C15H11Cl2N3/c16-14-7-11(8-15(17)19-14)12-9-18-20-13(12)6-10-4-2-1-3-5-10/h1-5,7-9H,6H2,(H,18,20). The summed E-state index contributed by atoms with van der Waals surface area (Å²) >= 11 is 11.9. The van der Waals surface area contributed by atoms with Crippen LogP contribution in [-0.4, -0.2) is 15.2 Å². The Morgan fingerprint density at radius 3 is 2.40 bits per heavy atom. The number of halogens is 2. The monoisotopic (exact) mass is 303 g/mol. The van der Waals surface area contributed by atoms with Crippen LogP contribution in [0, 0.1) is 0 Å². The minimum atomic E-state index is 0.374. The Morgan fingerprint density at radius 1 is 1.00 bits per heavy atom. The van der Waals surface area contributed by atoms with Crippen molar-refractivity contribution in [3.8, 4) is 11.1 Å². The van der Waals surface area contributed by atoms with Gasteiger partial charge in [0.15, 0.2) is 0 Å². The van der Waals surface area contributed by atoms with Crippen molar-refractivity contribution in [1.82, 2.24) is 15.2 Å². The summed E-state index contributed by atoms with van der Waals surface area (Å²) in [4.78, 5) is 3.96. The van der Waals surface area contributed by atoms with Crippen LogP contribution in [0.5, 0.6) is 0 Å². The Hall–Kier alpha value is -1.84. The van der Waals surface area contributed by atoms with E-state index in [4.69, 9.17) is 23.2 Å². The normalized spacial score (nSPS) is 10.7. The molecule has 0 aliphatic heterocycles. The van der Waals surface area contributed by atoms with Crippen LogP contribution in [0.3, 0.4) is 0 Å². The van der Waals surface area contributed by atoms with E-state index in [0.717, 1.165) is 23.2 Å². The minimum Gasteiger partial charge on any atom is -0.285 e. The zero-order valence-electron chi connectivity index (χ0n) is 10.5. The van der Waals surface area contributed by atoms with Gasteiger partial charge in [-0.3, -0.25) is 5.10 Å². The maximum absolute atomic E-state index is 5.95. The lowest BCUT2D eigenvalue weighted by Gasteiger charge is -2.04. The number of rotatable bonds is 3. The molecule has 1 aromatic carbocycles. The largest absolute Gasteiger partial charge is 0.285 e. The molecule has 2 aromatic heterocycles. The molecule has 0 fully saturated rings. The molecule has 0 radical (unpaired) electrons. The molecule has 100 valence electrons. The molecular weight excluding hydrogens is 293 g/mol. The van der Waals surface area contributed by atoms with Crippen molar-refractivity contribution in [2.45, 2.75) is 6.42 Å². The molecule has 0 unspecified atom stereocenters. The lowest BCUT2D eigenvalue weighted by Crippen LogP contribution is -1.91. The van der Waals surface area contributed by atoms with Gasteiger partial charge in [0.25, 0.3) is 0 Å². The average Bonchev–Trinajstić information content (AvgIpc) is 2.87. The molecule has 0 bridgehead atoms. The summed E-state index contributed by atoms with van der Waals surface area (Å²) in [7, 11) is 0. The van der Waals surface area contributed by atoms with E-state index >= 15 is 0 Å². The van der Waals surface area contributed by atoms with Crippen LogP contribution in [0.25, 0.3) is 11.1 Å². The second-order valence-electron chi connectivity index (χ2n) is 4.41. The molecule has 0 spiro atoms. The van der Waals surface area contributed by atoms with Gasteiger partial charge in [0.1, 0.15) is 10.3 Å². The van der Waals surface area contributed by atoms with Crippen LogP contribution in [0.2, 0.25) is 10.3 Å². The van der Waals surface area contributed by atoms with Gasteiger partial charge in [0.05, 0.1) is 5.69 Å². The second-order valence-corrected chi connectivity index (χ2v) is 5.18. The fourth-order valence-electron chi connectivity index (χ4n) is 2.11. The van der Waals surface area contributed by atoms with Gasteiger partial charge in [0.2, 0.25) is 0 Å². The molecule has 0 saturated carbocycles. The predicted molar refractivity (Wildman–Crippen MR) is 81.1 cm³/mol. The summed E-state index contributed by atoms with van der Waals surface area (Å²) in [6.45, 7) is 0. The van der Waals surface area contributed by atoms with E-state index in [1.54, 1.807) is 12.1 Å². The van der Waals surface area contributed by atoms with Crippen LogP contribution in [-0.2, 0) is 6.42 Å². The van der Waals surface area contributed by atoms with Gasteiger partial charge in [-0.2, -0.15) is 5.10 Å². The fraction of sp³-hybridized carbons (Fsp3) is 0.0667. The van der Waals surface area contributed by atoms with Crippen LogP contribution >= 0.6 is 23.2 Å². The lowest BCUT2D eigenvalue weighted by atomic mass is 10.0. The molecule has 2 heterocycles. The van der Waals surface area contributed by atoms with Gasteiger partial charge in [0, 0.05) is 18.2 Å². The SMILES string of the molecule is Clc1cc(-c2c[nH]nc2Cc2ccccc2)cc(Cl)n1. The summed E-state index contributed by atoms with van der Waals surface area (Å²) in [5.41, 5.74) is 4.05. The highest BCUT2D eigenvalue weighted by molar-refractivity contribution is 6.32.